The highest BCUT2D eigenvalue weighted by Crippen LogP contribution is 2.27. The normalized spacial score (nSPS) is 17.8. The van der Waals surface area contributed by atoms with Crippen LogP contribution in [0.25, 0.3) is 5.69 Å². The van der Waals surface area contributed by atoms with E-state index in [2.05, 4.69) is 33.5 Å². The number of ether oxygens (including phenoxy) is 1. The minimum atomic E-state index is -0.943. The fraction of sp³-hybridized carbons (Fsp3) is 0.484. The van der Waals surface area contributed by atoms with E-state index in [1.807, 2.05) is 49.7 Å². The number of aryl methyl sites for hydroxylation is 3. The number of likely N-dealkylation sites (tertiary alicyclic amines) is 1. The van der Waals surface area contributed by atoms with E-state index in [0.717, 1.165) is 79.2 Å². The zero-order valence-electron chi connectivity index (χ0n) is 24.2. The lowest BCUT2D eigenvalue weighted by Crippen LogP contribution is -2.37. The van der Waals surface area contributed by atoms with Crippen molar-refractivity contribution in [2.24, 2.45) is 0 Å². The molecule has 10 heteroatoms. The van der Waals surface area contributed by atoms with Crippen LogP contribution in [-0.4, -0.2) is 75.7 Å². The summed E-state index contributed by atoms with van der Waals surface area (Å²) in [5.41, 5.74) is 5.94. The van der Waals surface area contributed by atoms with Crippen LogP contribution in [0.4, 0.5) is 10.6 Å². The van der Waals surface area contributed by atoms with Crippen molar-refractivity contribution in [2.45, 2.75) is 65.0 Å². The third kappa shape index (κ3) is 6.94. The zero-order valence-corrected chi connectivity index (χ0v) is 24.2. The fourth-order valence-corrected chi connectivity index (χ4v) is 5.96. The summed E-state index contributed by atoms with van der Waals surface area (Å²) in [5, 5.41) is 17.9. The first-order chi connectivity index (χ1) is 19.8. The molecule has 2 atom stereocenters. The number of anilines is 1. The second kappa shape index (κ2) is 12.8. The minimum Gasteiger partial charge on any atom is -0.466 e. The molecule has 0 bridgehead atoms. The molecule has 2 unspecified atom stereocenters. The molecular formula is C31H40N6O4. The molecular weight excluding hydrogens is 520 g/mol. The number of hydrogen-bond acceptors (Lipinski definition) is 7. The number of nitrogens with one attached hydrogen (secondary N) is 1. The molecule has 1 fully saturated rings. The molecule has 2 N–H and O–H groups in total. The van der Waals surface area contributed by atoms with Gasteiger partial charge in [-0.1, -0.05) is 18.2 Å². The second-order valence-electron chi connectivity index (χ2n) is 11.0. The van der Waals surface area contributed by atoms with Gasteiger partial charge in [-0.05, 0) is 82.0 Å². The number of fused-ring (bicyclic) bond motifs is 1. The lowest BCUT2D eigenvalue weighted by Gasteiger charge is -2.26. The highest BCUT2D eigenvalue weighted by Gasteiger charge is 2.28. The molecule has 41 heavy (non-hydrogen) atoms. The third-order valence-corrected chi connectivity index (χ3v) is 7.92. The van der Waals surface area contributed by atoms with Crippen LogP contribution in [0.15, 0.2) is 42.5 Å². The largest absolute Gasteiger partial charge is 0.466 e. The summed E-state index contributed by atoms with van der Waals surface area (Å²) >= 11 is 0. The van der Waals surface area contributed by atoms with Crippen LogP contribution in [0.2, 0.25) is 0 Å². The third-order valence-electron chi connectivity index (χ3n) is 7.92. The van der Waals surface area contributed by atoms with Crippen LogP contribution in [-0.2, 0) is 22.4 Å². The molecule has 0 spiro atoms. The van der Waals surface area contributed by atoms with E-state index < -0.39 is 6.09 Å². The first kappa shape index (κ1) is 28.8. The maximum absolute atomic E-state index is 12.6. The second-order valence-corrected chi connectivity index (χ2v) is 11.0. The fourth-order valence-electron chi connectivity index (χ4n) is 5.96. The summed E-state index contributed by atoms with van der Waals surface area (Å²) in [6.45, 7) is 9.35. The Hall–Kier alpha value is -3.76. The number of carboxylic acid groups (broad SMARTS) is 1. The number of esters is 1. The number of benzene rings is 1. The molecule has 3 aromatic rings. The summed E-state index contributed by atoms with van der Waals surface area (Å²) in [5.74, 6) is 0.372. The van der Waals surface area contributed by atoms with Gasteiger partial charge in [0.2, 0.25) is 0 Å². The Kier molecular flexibility index (Phi) is 8.99. The Balaban J connectivity index is 1.24. The summed E-state index contributed by atoms with van der Waals surface area (Å²) < 4.78 is 7.24. The van der Waals surface area contributed by atoms with Crippen LogP contribution in [0.5, 0.6) is 0 Å². The Bertz CT molecular complexity index is 1390. The van der Waals surface area contributed by atoms with E-state index in [4.69, 9.17) is 9.72 Å². The van der Waals surface area contributed by atoms with Crippen LogP contribution in [0, 0.1) is 13.8 Å². The van der Waals surface area contributed by atoms with Gasteiger partial charge in [0.05, 0.1) is 24.4 Å². The number of hydrogen-bond donors (Lipinski definition) is 2. The average molecular weight is 561 g/mol. The number of rotatable bonds is 10. The van der Waals surface area contributed by atoms with E-state index in [1.54, 1.807) is 0 Å². The Morgan fingerprint density at radius 3 is 2.78 bits per heavy atom. The van der Waals surface area contributed by atoms with Gasteiger partial charge < -0.3 is 20.1 Å². The van der Waals surface area contributed by atoms with Crippen LogP contribution in [0.3, 0.4) is 0 Å². The average Bonchev–Trinajstić information content (AvgIpc) is 3.55. The molecule has 2 aromatic heterocycles. The molecule has 0 radical (unpaired) electrons. The van der Waals surface area contributed by atoms with E-state index in [-0.39, 0.29) is 24.5 Å². The SMILES string of the molecule is CCOC(=O)CC(NC1CCN(CCc2ccc3c(n2)N(C(=O)O)CCC3)C1)c1cccc(-n2nc(C)cc2C)c1. The van der Waals surface area contributed by atoms with Gasteiger partial charge in [-0.3, -0.25) is 9.69 Å². The Morgan fingerprint density at radius 1 is 1.17 bits per heavy atom. The highest BCUT2D eigenvalue weighted by molar-refractivity contribution is 5.86. The van der Waals surface area contributed by atoms with Gasteiger partial charge >= 0.3 is 12.1 Å². The predicted molar refractivity (Wildman–Crippen MR) is 157 cm³/mol. The molecule has 10 nitrogen and oxygen atoms in total. The van der Waals surface area contributed by atoms with Crippen LogP contribution < -0.4 is 10.2 Å². The van der Waals surface area contributed by atoms with Crippen molar-refractivity contribution in [3.63, 3.8) is 0 Å². The van der Waals surface area contributed by atoms with Crippen molar-refractivity contribution in [1.29, 1.82) is 0 Å². The number of carbonyl (C=O) groups excluding carboxylic acids is 1. The summed E-state index contributed by atoms with van der Waals surface area (Å²) in [6.07, 6.45) is 2.73. The van der Waals surface area contributed by atoms with Gasteiger partial charge in [0.15, 0.2) is 0 Å². The molecule has 4 heterocycles. The van der Waals surface area contributed by atoms with Crippen molar-refractivity contribution < 1.29 is 19.4 Å². The van der Waals surface area contributed by atoms with Crippen LogP contribution in [0.1, 0.15) is 60.4 Å². The molecule has 1 aromatic carbocycles. The van der Waals surface area contributed by atoms with Gasteiger partial charge in [-0.2, -0.15) is 5.10 Å². The number of aromatic nitrogens is 3. The standard InChI is InChI=1S/C31H40N6O4/c1-4-41-29(38)19-28(24-7-5-9-27(18-24)37-22(3)17-21(2)34-37)32-26-13-16-35(20-26)15-12-25-11-10-23-8-6-14-36(31(39)40)30(23)33-25/h5,7,9-11,17-18,26,28,32H,4,6,8,12-16,19-20H2,1-3H3,(H,39,40). The summed E-state index contributed by atoms with van der Waals surface area (Å²) in [4.78, 5) is 32.7. The van der Waals surface area contributed by atoms with Gasteiger partial charge in [-0.25, -0.2) is 14.5 Å². The zero-order chi connectivity index (χ0) is 28.9. The molecule has 2 aliphatic rings. The predicted octanol–water partition coefficient (Wildman–Crippen LogP) is 4.22. The smallest absolute Gasteiger partial charge is 0.413 e. The molecule has 1 amide bonds. The lowest BCUT2D eigenvalue weighted by molar-refractivity contribution is -0.143. The molecule has 2 aliphatic heterocycles. The molecule has 1 saturated heterocycles. The highest BCUT2D eigenvalue weighted by atomic mass is 16.5. The van der Waals surface area contributed by atoms with Crippen molar-refractivity contribution in [3.8, 4) is 5.69 Å². The van der Waals surface area contributed by atoms with Crippen molar-refractivity contribution in [2.75, 3.05) is 37.7 Å². The quantitative estimate of drug-likeness (QED) is 0.355. The maximum atomic E-state index is 12.6. The number of nitrogens with zero attached hydrogens (tertiary/aromatic N) is 5. The first-order valence-corrected chi connectivity index (χ1v) is 14.6. The van der Waals surface area contributed by atoms with Crippen molar-refractivity contribution >= 4 is 17.9 Å². The monoisotopic (exact) mass is 560 g/mol. The van der Waals surface area contributed by atoms with Gasteiger partial charge in [0.1, 0.15) is 5.82 Å². The summed E-state index contributed by atoms with van der Waals surface area (Å²) in [6, 6.07) is 14.4. The Morgan fingerprint density at radius 2 is 2.02 bits per heavy atom. The molecule has 0 aliphatic carbocycles. The number of pyridine rings is 1. The lowest BCUT2D eigenvalue weighted by atomic mass is 10.0. The maximum Gasteiger partial charge on any atom is 0.413 e. The molecule has 218 valence electrons. The van der Waals surface area contributed by atoms with Gasteiger partial charge in [0, 0.05) is 49.5 Å². The van der Waals surface area contributed by atoms with E-state index in [0.29, 0.717) is 19.0 Å². The Labute approximate surface area is 241 Å². The number of amides is 1. The molecule has 5 rings (SSSR count). The van der Waals surface area contributed by atoms with E-state index in [9.17, 15) is 14.7 Å². The van der Waals surface area contributed by atoms with E-state index >= 15 is 0 Å². The van der Waals surface area contributed by atoms with Crippen LogP contribution >= 0.6 is 0 Å². The number of carbonyl (C=O) groups is 2. The summed E-state index contributed by atoms with van der Waals surface area (Å²) in [7, 11) is 0. The van der Waals surface area contributed by atoms with Gasteiger partial charge in [0.25, 0.3) is 0 Å². The molecule has 0 saturated carbocycles. The minimum absolute atomic E-state index is 0.180. The van der Waals surface area contributed by atoms with E-state index in [1.165, 1.54) is 4.90 Å². The van der Waals surface area contributed by atoms with Crippen molar-refractivity contribution in [3.05, 3.63) is 70.7 Å². The van der Waals surface area contributed by atoms with Gasteiger partial charge in [-0.15, -0.1) is 0 Å². The topological polar surface area (TPSA) is 113 Å². The van der Waals surface area contributed by atoms with Crippen molar-refractivity contribution in [1.82, 2.24) is 25.0 Å². The first-order valence-electron chi connectivity index (χ1n) is 14.6.